The lowest BCUT2D eigenvalue weighted by Crippen LogP contribution is -1.98. The van der Waals surface area contributed by atoms with Gasteiger partial charge in [-0.05, 0) is 42.9 Å². The fraction of sp³-hybridized carbons (Fsp3) is 0.105. The van der Waals surface area contributed by atoms with Crippen LogP contribution in [-0.2, 0) is 6.54 Å². The minimum absolute atomic E-state index is 0.459. The molecule has 0 amide bonds. The Labute approximate surface area is 170 Å². The minimum atomic E-state index is 0.459. The predicted molar refractivity (Wildman–Crippen MR) is 113 cm³/mol. The molecule has 1 N–H and O–H groups in total. The maximum Gasteiger partial charge on any atom is 0.216 e. The number of H-pyrrole nitrogens is 1. The average molecular weight is 416 g/mol. The monoisotopic (exact) mass is 415 g/mol. The van der Waals surface area contributed by atoms with Gasteiger partial charge in [0.1, 0.15) is 5.82 Å². The summed E-state index contributed by atoms with van der Waals surface area (Å²) in [6.07, 6.45) is 3.85. The average Bonchev–Trinajstić information content (AvgIpc) is 3.16. The van der Waals surface area contributed by atoms with Crippen molar-refractivity contribution in [3.05, 3.63) is 80.4 Å². The van der Waals surface area contributed by atoms with E-state index in [1.54, 1.807) is 17.0 Å². The van der Waals surface area contributed by atoms with Crippen LogP contribution in [0.25, 0.3) is 10.9 Å². The van der Waals surface area contributed by atoms with Crippen LogP contribution in [0.5, 0.6) is 0 Å². The third kappa shape index (κ3) is 3.56. The fourth-order valence-electron chi connectivity index (χ4n) is 2.97. The number of hydrogen-bond acceptors (Lipinski definition) is 3. The summed E-state index contributed by atoms with van der Waals surface area (Å²) < 4.78 is 4.20. The zero-order valence-corrected chi connectivity index (χ0v) is 16.7. The number of para-hydroxylation sites is 1. The molecule has 0 fully saturated rings. The first kappa shape index (κ1) is 18.0. The van der Waals surface area contributed by atoms with Gasteiger partial charge in [0.25, 0.3) is 0 Å². The smallest absolute Gasteiger partial charge is 0.216 e. The third-order valence-corrected chi connectivity index (χ3v) is 5.15. The minimum Gasteiger partial charge on any atom is -0.342 e. The van der Waals surface area contributed by atoms with Crippen molar-refractivity contribution in [3.63, 3.8) is 0 Å². The van der Waals surface area contributed by atoms with E-state index < -0.39 is 0 Å². The van der Waals surface area contributed by atoms with E-state index in [0.717, 1.165) is 22.0 Å². The van der Waals surface area contributed by atoms with E-state index >= 15 is 0 Å². The van der Waals surface area contributed by atoms with Crippen molar-refractivity contribution in [1.29, 1.82) is 0 Å². The van der Waals surface area contributed by atoms with Crippen LogP contribution in [0.15, 0.2) is 53.8 Å². The molecule has 8 heteroatoms. The van der Waals surface area contributed by atoms with Crippen LogP contribution in [0, 0.1) is 11.7 Å². The normalized spacial score (nSPS) is 11.7. The summed E-state index contributed by atoms with van der Waals surface area (Å²) in [5.41, 5.74) is 3.08. The summed E-state index contributed by atoms with van der Waals surface area (Å²) in [6.45, 7) is 2.48. The Hall–Kier alpha value is -2.41. The van der Waals surface area contributed by atoms with Crippen LogP contribution in [0.3, 0.4) is 0 Å². The van der Waals surface area contributed by atoms with Crippen molar-refractivity contribution in [2.24, 2.45) is 5.10 Å². The van der Waals surface area contributed by atoms with E-state index in [9.17, 15) is 0 Å². The highest BCUT2D eigenvalue weighted by Crippen LogP contribution is 2.25. The molecule has 0 atom stereocenters. The van der Waals surface area contributed by atoms with Gasteiger partial charge >= 0.3 is 0 Å². The largest absolute Gasteiger partial charge is 0.342 e. The molecule has 4 aromatic rings. The number of halogens is 2. The van der Waals surface area contributed by atoms with Crippen molar-refractivity contribution in [3.8, 4) is 0 Å². The van der Waals surface area contributed by atoms with Crippen LogP contribution >= 0.6 is 35.4 Å². The lowest BCUT2D eigenvalue weighted by Gasteiger charge is -2.08. The second kappa shape index (κ2) is 7.31. The van der Waals surface area contributed by atoms with Crippen LogP contribution < -0.4 is 0 Å². The van der Waals surface area contributed by atoms with E-state index in [2.05, 4.69) is 38.2 Å². The molecule has 2 aromatic carbocycles. The summed E-state index contributed by atoms with van der Waals surface area (Å²) in [4.78, 5) is 0. The Kier molecular flexibility index (Phi) is 4.86. The number of rotatable bonds is 4. The Morgan fingerprint density at radius 1 is 1.22 bits per heavy atom. The molecule has 0 aliphatic rings. The maximum atomic E-state index is 6.35. The molecule has 0 aliphatic heterocycles. The molecule has 136 valence electrons. The number of benzene rings is 2. The molecule has 4 rings (SSSR count). The number of nitrogens with one attached hydrogen (secondary N) is 1. The van der Waals surface area contributed by atoms with Crippen LogP contribution in [0.2, 0.25) is 10.0 Å². The highest BCUT2D eigenvalue weighted by molar-refractivity contribution is 7.71. The molecule has 0 bridgehead atoms. The Morgan fingerprint density at radius 2 is 2.04 bits per heavy atom. The maximum absolute atomic E-state index is 6.35. The Bertz CT molecular complexity index is 1220. The Morgan fingerprint density at radius 3 is 2.78 bits per heavy atom. The third-order valence-electron chi connectivity index (χ3n) is 4.30. The summed E-state index contributed by atoms with van der Waals surface area (Å²) >= 11 is 17.6. The number of hydrogen-bond donors (Lipinski definition) is 1. The van der Waals surface area contributed by atoms with Crippen LogP contribution in [0.1, 0.15) is 17.0 Å². The number of aromatic amines is 1. The molecule has 27 heavy (non-hydrogen) atoms. The molecule has 0 radical (unpaired) electrons. The van der Waals surface area contributed by atoms with Gasteiger partial charge in [-0.3, -0.25) is 5.10 Å². The Balaban J connectivity index is 1.76. The zero-order valence-electron chi connectivity index (χ0n) is 14.4. The van der Waals surface area contributed by atoms with Crippen molar-refractivity contribution in [2.75, 3.05) is 0 Å². The predicted octanol–water partition coefficient (Wildman–Crippen LogP) is 5.44. The van der Waals surface area contributed by atoms with Gasteiger partial charge < -0.3 is 4.57 Å². The van der Waals surface area contributed by atoms with Gasteiger partial charge in [0.2, 0.25) is 4.77 Å². The highest BCUT2D eigenvalue weighted by Gasteiger charge is 2.09. The van der Waals surface area contributed by atoms with Crippen molar-refractivity contribution in [2.45, 2.75) is 13.5 Å². The molecule has 0 saturated carbocycles. The van der Waals surface area contributed by atoms with Gasteiger partial charge in [-0.1, -0.05) is 47.5 Å². The molecule has 2 heterocycles. The standard InChI is InChI=1S/C19H15Cl2N5S/c1-12-23-24-19(27)26(12)22-9-14-11-25(18-5-3-2-4-16(14)18)10-13-6-7-15(20)8-17(13)21/h2-9,11H,10H2,1H3,(H,24,27)/b22-9-. The van der Waals surface area contributed by atoms with Crippen molar-refractivity contribution >= 4 is 52.5 Å². The van der Waals surface area contributed by atoms with Crippen molar-refractivity contribution in [1.82, 2.24) is 19.4 Å². The van der Waals surface area contributed by atoms with E-state index in [4.69, 9.17) is 35.4 Å². The van der Waals surface area contributed by atoms with Gasteiger partial charge in [-0.15, -0.1) is 0 Å². The lowest BCUT2D eigenvalue weighted by atomic mass is 10.2. The number of aryl methyl sites for hydroxylation is 1. The van der Waals surface area contributed by atoms with E-state index in [1.165, 1.54) is 0 Å². The molecular weight excluding hydrogens is 401 g/mol. The second-order valence-corrected chi connectivity index (χ2v) is 7.33. The van der Waals surface area contributed by atoms with Gasteiger partial charge in [-0.25, -0.2) is 0 Å². The van der Waals surface area contributed by atoms with Crippen LogP contribution in [-0.4, -0.2) is 25.7 Å². The van der Waals surface area contributed by atoms with Crippen LogP contribution in [0.4, 0.5) is 0 Å². The molecule has 5 nitrogen and oxygen atoms in total. The zero-order chi connectivity index (χ0) is 19.0. The first-order valence-electron chi connectivity index (χ1n) is 8.23. The number of fused-ring (bicyclic) bond motifs is 1. The van der Waals surface area contributed by atoms with Gasteiger partial charge in [-0.2, -0.15) is 14.9 Å². The lowest BCUT2D eigenvalue weighted by molar-refractivity contribution is 0.819. The summed E-state index contributed by atoms with van der Waals surface area (Å²) in [6, 6.07) is 13.7. The van der Waals surface area contributed by atoms with Gasteiger partial charge in [0.15, 0.2) is 0 Å². The summed E-state index contributed by atoms with van der Waals surface area (Å²) in [5.74, 6) is 0.702. The van der Waals surface area contributed by atoms with Gasteiger partial charge in [0, 0.05) is 39.3 Å². The number of nitrogens with zero attached hydrogens (tertiary/aromatic N) is 4. The van der Waals surface area contributed by atoms with E-state index in [0.29, 0.717) is 27.2 Å². The molecule has 0 saturated heterocycles. The molecule has 0 aliphatic carbocycles. The molecule has 2 aromatic heterocycles. The quantitative estimate of drug-likeness (QED) is 0.356. The topological polar surface area (TPSA) is 50.9 Å². The van der Waals surface area contributed by atoms with Crippen molar-refractivity contribution < 1.29 is 0 Å². The SMILES string of the molecule is Cc1n[nH]c(=S)n1/N=C\c1cn(Cc2ccc(Cl)cc2Cl)c2ccccc12. The molecule has 0 unspecified atom stereocenters. The summed E-state index contributed by atoms with van der Waals surface area (Å²) in [5, 5.41) is 13.6. The number of aromatic nitrogens is 4. The molecular formula is C19H15Cl2N5S. The molecule has 0 spiro atoms. The fourth-order valence-corrected chi connectivity index (χ4v) is 3.66. The van der Waals surface area contributed by atoms with E-state index in [-0.39, 0.29) is 0 Å². The second-order valence-electron chi connectivity index (χ2n) is 6.10. The first-order chi connectivity index (χ1) is 13.0. The highest BCUT2D eigenvalue weighted by atomic mass is 35.5. The van der Waals surface area contributed by atoms with E-state index in [1.807, 2.05) is 31.2 Å². The summed E-state index contributed by atoms with van der Waals surface area (Å²) in [7, 11) is 0. The first-order valence-corrected chi connectivity index (χ1v) is 9.39. The van der Waals surface area contributed by atoms with Gasteiger partial charge in [0.05, 0.1) is 6.21 Å².